The first kappa shape index (κ1) is 24.7. The van der Waals surface area contributed by atoms with Gasteiger partial charge in [-0.2, -0.15) is 17.5 Å². The maximum atomic E-state index is 13.1. The molecule has 180 valence electrons. The molecule has 1 aliphatic rings. The highest BCUT2D eigenvalue weighted by atomic mass is 32.2. The first-order chi connectivity index (χ1) is 15.6. The van der Waals surface area contributed by atoms with E-state index in [1.165, 1.54) is 22.5 Å². The van der Waals surface area contributed by atoms with Gasteiger partial charge in [0.15, 0.2) is 0 Å². The molecule has 2 heterocycles. The number of ether oxygens (including phenoxy) is 1. The quantitative estimate of drug-likeness (QED) is 0.313. The van der Waals surface area contributed by atoms with E-state index in [0.717, 1.165) is 18.3 Å². The van der Waals surface area contributed by atoms with Crippen molar-refractivity contribution in [1.29, 1.82) is 0 Å². The molecule has 1 fully saturated rings. The average Bonchev–Trinajstić information content (AvgIpc) is 2.79. The fourth-order valence-electron chi connectivity index (χ4n) is 3.10. The Kier molecular flexibility index (Phi) is 7.71. The zero-order valence-electron chi connectivity index (χ0n) is 17.3. The zero-order chi connectivity index (χ0) is 24.1. The van der Waals surface area contributed by atoms with Crippen LogP contribution in [0.3, 0.4) is 0 Å². The third-order valence-electron chi connectivity index (χ3n) is 4.83. The van der Waals surface area contributed by atoms with E-state index in [1.54, 1.807) is 0 Å². The van der Waals surface area contributed by atoms with Gasteiger partial charge in [0.1, 0.15) is 10.7 Å². The number of halogens is 3. The Bertz CT molecular complexity index is 1070. The Morgan fingerprint density at radius 1 is 1.12 bits per heavy atom. The lowest BCUT2D eigenvalue weighted by Gasteiger charge is -2.27. The lowest BCUT2D eigenvalue weighted by Crippen LogP contribution is -2.40. The molecule has 1 saturated heterocycles. The number of nitro benzene ring substituents is 1. The van der Waals surface area contributed by atoms with E-state index in [1.807, 2.05) is 0 Å². The summed E-state index contributed by atoms with van der Waals surface area (Å²) in [5.41, 5.74) is -0.968. The Balaban J connectivity index is 1.63. The summed E-state index contributed by atoms with van der Waals surface area (Å²) in [4.78, 5) is 14.0. The Morgan fingerprint density at radius 3 is 2.42 bits per heavy atom. The van der Waals surface area contributed by atoms with E-state index in [2.05, 4.69) is 15.6 Å². The van der Waals surface area contributed by atoms with Crippen LogP contribution in [0.2, 0.25) is 0 Å². The van der Waals surface area contributed by atoms with Crippen molar-refractivity contribution in [3.8, 4) is 0 Å². The number of hydrogen-bond acceptors (Lipinski definition) is 8. The van der Waals surface area contributed by atoms with Gasteiger partial charge in [0, 0.05) is 44.5 Å². The average molecular weight is 489 g/mol. The van der Waals surface area contributed by atoms with Crippen molar-refractivity contribution in [2.45, 2.75) is 17.5 Å². The lowest BCUT2D eigenvalue weighted by molar-refractivity contribution is -0.385. The number of nitrogens with zero attached hydrogens (tertiary/aromatic N) is 3. The molecular formula is C19H22F3N5O5S. The molecule has 0 spiro atoms. The molecule has 0 saturated carbocycles. The minimum Gasteiger partial charge on any atom is -0.384 e. The second-order valence-electron chi connectivity index (χ2n) is 7.09. The maximum absolute atomic E-state index is 13.1. The zero-order valence-corrected chi connectivity index (χ0v) is 18.2. The Hall–Kier alpha value is -2.97. The number of nitrogens with one attached hydrogen (secondary N) is 2. The first-order valence-electron chi connectivity index (χ1n) is 9.96. The molecule has 1 aromatic heterocycles. The molecule has 10 nitrogen and oxygen atoms in total. The van der Waals surface area contributed by atoms with Crippen LogP contribution in [0.5, 0.6) is 0 Å². The van der Waals surface area contributed by atoms with Crippen LogP contribution in [0.4, 0.5) is 30.4 Å². The number of rotatable bonds is 9. The van der Waals surface area contributed by atoms with Gasteiger partial charge in [0.2, 0.25) is 10.0 Å². The van der Waals surface area contributed by atoms with Gasteiger partial charge < -0.3 is 15.4 Å². The summed E-state index contributed by atoms with van der Waals surface area (Å²) in [6.45, 7) is 1.42. The summed E-state index contributed by atoms with van der Waals surface area (Å²) in [5.74, 6) is 0.272. The molecule has 14 heteroatoms. The second-order valence-corrected chi connectivity index (χ2v) is 9.00. The molecule has 1 aliphatic heterocycles. The van der Waals surface area contributed by atoms with Gasteiger partial charge in [-0.25, -0.2) is 13.4 Å². The molecule has 0 amide bonds. The van der Waals surface area contributed by atoms with Crippen molar-refractivity contribution in [3.05, 3.63) is 52.2 Å². The SMILES string of the molecule is O=[N+]([O-])c1ccc(NCCCNc2ccc(C(F)(F)F)cn2)c(S(=O)(=O)N2CCOCC2)c1. The van der Waals surface area contributed by atoms with Crippen LogP contribution >= 0.6 is 0 Å². The number of sulfonamides is 1. The molecule has 0 bridgehead atoms. The highest BCUT2D eigenvalue weighted by molar-refractivity contribution is 7.89. The van der Waals surface area contributed by atoms with Crippen LogP contribution < -0.4 is 10.6 Å². The number of morpholine rings is 1. The number of nitro groups is 1. The van der Waals surface area contributed by atoms with Crippen molar-refractivity contribution in [2.24, 2.45) is 0 Å². The smallest absolute Gasteiger partial charge is 0.384 e. The normalized spacial score (nSPS) is 15.2. The number of hydrogen-bond donors (Lipinski definition) is 2. The highest BCUT2D eigenvalue weighted by Gasteiger charge is 2.31. The largest absolute Gasteiger partial charge is 0.417 e. The molecule has 0 atom stereocenters. The molecule has 3 rings (SSSR count). The summed E-state index contributed by atoms with van der Waals surface area (Å²) >= 11 is 0. The van der Waals surface area contributed by atoms with Gasteiger partial charge in [-0.3, -0.25) is 10.1 Å². The Labute approximate surface area is 188 Å². The molecular weight excluding hydrogens is 467 g/mol. The second kappa shape index (κ2) is 10.3. The predicted molar refractivity (Wildman–Crippen MR) is 114 cm³/mol. The third kappa shape index (κ3) is 6.30. The monoisotopic (exact) mass is 489 g/mol. The fraction of sp³-hybridized carbons (Fsp3) is 0.421. The van der Waals surface area contributed by atoms with E-state index >= 15 is 0 Å². The van der Waals surface area contributed by atoms with Crippen molar-refractivity contribution in [1.82, 2.24) is 9.29 Å². The third-order valence-corrected chi connectivity index (χ3v) is 6.77. The van der Waals surface area contributed by atoms with E-state index in [9.17, 15) is 31.7 Å². The molecule has 2 N–H and O–H groups in total. The standard InChI is InChI=1S/C19H22F3N5O5S/c20-19(21,22)14-2-5-18(25-13-14)24-7-1-6-23-16-4-3-15(27(28)29)12-17(16)33(30,31)26-8-10-32-11-9-26/h2-5,12-13,23H,1,6-11H2,(H,24,25). The molecule has 0 radical (unpaired) electrons. The number of anilines is 2. The lowest BCUT2D eigenvalue weighted by atomic mass is 10.2. The van der Waals surface area contributed by atoms with Crippen LogP contribution in [-0.4, -0.2) is 62.0 Å². The minimum absolute atomic E-state index is 0.147. The van der Waals surface area contributed by atoms with Gasteiger partial charge in [0.25, 0.3) is 5.69 Å². The van der Waals surface area contributed by atoms with E-state index < -0.39 is 26.7 Å². The van der Waals surface area contributed by atoms with Gasteiger partial charge >= 0.3 is 6.18 Å². The summed E-state index contributed by atoms with van der Waals surface area (Å²) in [6, 6.07) is 5.73. The van der Waals surface area contributed by atoms with Crippen LogP contribution in [0.15, 0.2) is 41.4 Å². The van der Waals surface area contributed by atoms with E-state index in [-0.39, 0.29) is 48.4 Å². The van der Waals surface area contributed by atoms with Gasteiger partial charge in [-0.05, 0) is 24.6 Å². The minimum atomic E-state index is -4.46. The molecule has 33 heavy (non-hydrogen) atoms. The topological polar surface area (TPSA) is 127 Å². The number of alkyl halides is 3. The number of aromatic nitrogens is 1. The summed E-state index contributed by atoms with van der Waals surface area (Å²) in [7, 11) is -3.98. The molecule has 0 aliphatic carbocycles. The summed E-state index contributed by atoms with van der Waals surface area (Å²) in [5, 5.41) is 17.0. The first-order valence-corrected chi connectivity index (χ1v) is 11.4. The number of pyridine rings is 1. The van der Waals surface area contributed by atoms with E-state index in [0.29, 0.717) is 19.5 Å². The van der Waals surface area contributed by atoms with Crippen molar-refractivity contribution in [2.75, 3.05) is 50.0 Å². The number of benzene rings is 1. The van der Waals surface area contributed by atoms with Crippen LogP contribution in [0.25, 0.3) is 0 Å². The van der Waals surface area contributed by atoms with Gasteiger partial charge in [-0.15, -0.1) is 0 Å². The Morgan fingerprint density at radius 2 is 1.82 bits per heavy atom. The van der Waals surface area contributed by atoms with Gasteiger partial charge in [0.05, 0.1) is 29.4 Å². The molecule has 2 aromatic rings. The van der Waals surface area contributed by atoms with Crippen molar-refractivity contribution < 1.29 is 31.2 Å². The summed E-state index contributed by atoms with van der Waals surface area (Å²) < 4.78 is 70.3. The van der Waals surface area contributed by atoms with Crippen molar-refractivity contribution >= 4 is 27.2 Å². The van der Waals surface area contributed by atoms with Crippen molar-refractivity contribution in [3.63, 3.8) is 0 Å². The highest BCUT2D eigenvalue weighted by Crippen LogP contribution is 2.30. The predicted octanol–water partition coefficient (Wildman–Crippen LogP) is 2.94. The summed E-state index contributed by atoms with van der Waals surface area (Å²) in [6.07, 6.45) is -3.25. The maximum Gasteiger partial charge on any atom is 0.417 e. The fourth-order valence-corrected chi connectivity index (χ4v) is 4.70. The van der Waals surface area contributed by atoms with Crippen LogP contribution in [0, 0.1) is 10.1 Å². The van der Waals surface area contributed by atoms with E-state index in [4.69, 9.17) is 4.74 Å². The van der Waals surface area contributed by atoms with Crippen LogP contribution in [0.1, 0.15) is 12.0 Å². The number of non-ortho nitro benzene ring substituents is 1. The molecule has 0 unspecified atom stereocenters. The molecule has 1 aromatic carbocycles. The van der Waals surface area contributed by atoms with Crippen LogP contribution in [-0.2, 0) is 20.9 Å². The van der Waals surface area contributed by atoms with Gasteiger partial charge in [-0.1, -0.05) is 0 Å².